The summed E-state index contributed by atoms with van der Waals surface area (Å²) in [7, 11) is 3.00. The van der Waals surface area contributed by atoms with Gasteiger partial charge in [-0.1, -0.05) is 54.1 Å². The SMILES string of the molecule is C#CCC1C(=O)NC(C)C(=O)N2CCCC2C(=O)OCCC(=O)N2CCCC2C(=O)N1C.CNC(=O)CNC(=O)Nc1ccccc1.Cc1ccccc1. The number of carbonyl (C=O) groups is 7. The fraction of sp³-hybridized carbons (Fsp3) is 0.462. The van der Waals surface area contributed by atoms with Gasteiger partial charge in [0.15, 0.2) is 0 Å². The summed E-state index contributed by atoms with van der Waals surface area (Å²) in [6.07, 6.45) is 7.59. The molecule has 3 heterocycles. The van der Waals surface area contributed by atoms with Gasteiger partial charge in [-0.2, -0.15) is 0 Å². The van der Waals surface area contributed by atoms with Crippen LogP contribution in [0.25, 0.3) is 0 Å². The molecule has 3 aliphatic heterocycles. The van der Waals surface area contributed by atoms with Gasteiger partial charge in [0.25, 0.3) is 0 Å². The van der Waals surface area contributed by atoms with Crippen molar-refractivity contribution in [1.29, 1.82) is 0 Å². The van der Waals surface area contributed by atoms with Gasteiger partial charge in [0.05, 0.1) is 13.0 Å². The van der Waals surface area contributed by atoms with Gasteiger partial charge in [0.2, 0.25) is 29.5 Å². The largest absolute Gasteiger partial charge is 0.464 e. The monoisotopic (exact) mass is 745 g/mol. The molecule has 7 amide bonds. The van der Waals surface area contributed by atoms with Gasteiger partial charge in [-0.15, -0.1) is 12.3 Å². The number of hydrogen-bond donors (Lipinski definition) is 4. The molecule has 290 valence electrons. The van der Waals surface area contributed by atoms with Crippen LogP contribution in [0.4, 0.5) is 10.5 Å². The Bertz CT molecular complexity index is 1650. The van der Waals surface area contributed by atoms with E-state index in [9.17, 15) is 33.6 Å². The number of amides is 7. The van der Waals surface area contributed by atoms with Gasteiger partial charge in [0.1, 0.15) is 30.8 Å². The number of fused-ring (bicyclic) bond motifs is 2. The smallest absolute Gasteiger partial charge is 0.328 e. The van der Waals surface area contributed by atoms with Gasteiger partial charge in [-0.3, -0.25) is 24.0 Å². The summed E-state index contributed by atoms with van der Waals surface area (Å²) >= 11 is 0. The maximum atomic E-state index is 13.2. The highest BCUT2D eigenvalue weighted by Crippen LogP contribution is 2.23. The molecule has 54 heavy (non-hydrogen) atoms. The van der Waals surface area contributed by atoms with E-state index in [2.05, 4.69) is 46.2 Å². The zero-order valence-corrected chi connectivity index (χ0v) is 31.3. The van der Waals surface area contributed by atoms with E-state index >= 15 is 0 Å². The summed E-state index contributed by atoms with van der Waals surface area (Å²) in [6, 6.07) is 15.5. The zero-order chi connectivity index (χ0) is 39.6. The van der Waals surface area contributed by atoms with Crippen LogP contribution in [0.15, 0.2) is 60.7 Å². The number of para-hydroxylation sites is 1. The Morgan fingerprint density at radius 2 is 1.52 bits per heavy atom. The van der Waals surface area contributed by atoms with Crippen molar-refractivity contribution < 1.29 is 38.3 Å². The number of aryl methyl sites for hydroxylation is 1. The Balaban J connectivity index is 0.000000291. The third kappa shape index (κ3) is 12.6. The van der Waals surface area contributed by atoms with Crippen molar-refractivity contribution >= 4 is 47.2 Å². The summed E-state index contributed by atoms with van der Waals surface area (Å²) in [5.41, 5.74) is 2.01. The molecule has 0 aromatic heterocycles. The van der Waals surface area contributed by atoms with Crippen LogP contribution in [-0.4, -0.2) is 121 Å². The van der Waals surface area contributed by atoms with Crippen LogP contribution < -0.4 is 21.3 Å². The van der Waals surface area contributed by atoms with E-state index in [1.165, 1.54) is 41.3 Å². The number of terminal acetylenes is 1. The number of esters is 1. The van der Waals surface area contributed by atoms with Crippen molar-refractivity contribution in [2.45, 2.75) is 76.5 Å². The molecule has 5 rings (SSSR count). The van der Waals surface area contributed by atoms with Crippen molar-refractivity contribution in [2.75, 3.05) is 45.7 Å². The average molecular weight is 746 g/mol. The van der Waals surface area contributed by atoms with Gasteiger partial charge in [0, 0.05) is 39.3 Å². The van der Waals surface area contributed by atoms with E-state index in [1.807, 2.05) is 36.4 Å². The summed E-state index contributed by atoms with van der Waals surface area (Å²) in [5.74, 6) is -0.0155. The summed E-state index contributed by atoms with van der Waals surface area (Å²) < 4.78 is 5.29. The number of anilines is 1. The molecule has 2 aromatic rings. The minimum absolute atomic E-state index is 0.0326. The topological polar surface area (TPSA) is 187 Å². The summed E-state index contributed by atoms with van der Waals surface area (Å²) in [4.78, 5) is 90.6. The molecule has 15 nitrogen and oxygen atoms in total. The van der Waals surface area contributed by atoms with E-state index in [0.717, 1.165) is 0 Å². The first-order valence-electron chi connectivity index (χ1n) is 18.0. The number of rotatable bonds is 4. The second-order valence-corrected chi connectivity index (χ2v) is 13.0. The Kier molecular flexibility index (Phi) is 17.0. The van der Waals surface area contributed by atoms with Gasteiger partial charge < -0.3 is 40.7 Å². The van der Waals surface area contributed by atoms with Crippen LogP contribution in [0.3, 0.4) is 0 Å². The number of likely N-dealkylation sites (N-methyl/N-ethyl adjacent to an activating group) is 2. The van der Waals surface area contributed by atoms with Crippen LogP contribution in [0.2, 0.25) is 0 Å². The number of nitrogens with one attached hydrogen (secondary N) is 4. The van der Waals surface area contributed by atoms with E-state index < -0.39 is 48.0 Å². The maximum Gasteiger partial charge on any atom is 0.328 e. The van der Waals surface area contributed by atoms with Crippen LogP contribution in [0.5, 0.6) is 0 Å². The Morgan fingerprint density at radius 1 is 0.907 bits per heavy atom. The number of cyclic esters (lactones) is 1. The predicted molar refractivity (Wildman–Crippen MR) is 201 cm³/mol. The van der Waals surface area contributed by atoms with E-state index in [4.69, 9.17) is 11.2 Å². The van der Waals surface area contributed by atoms with Crippen molar-refractivity contribution in [1.82, 2.24) is 30.7 Å². The van der Waals surface area contributed by atoms with Crippen molar-refractivity contribution in [3.05, 3.63) is 66.2 Å². The lowest BCUT2D eigenvalue weighted by Crippen LogP contribution is -2.57. The van der Waals surface area contributed by atoms with Crippen LogP contribution in [0.1, 0.15) is 51.0 Å². The number of hydrogen-bond acceptors (Lipinski definition) is 8. The normalized spacial score (nSPS) is 21.8. The van der Waals surface area contributed by atoms with Crippen LogP contribution in [-0.2, 0) is 33.5 Å². The lowest BCUT2D eigenvalue weighted by molar-refractivity contribution is -0.156. The van der Waals surface area contributed by atoms with Crippen LogP contribution >= 0.6 is 0 Å². The second-order valence-electron chi connectivity index (χ2n) is 13.0. The van der Waals surface area contributed by atoms with Crippen molar-refractivity contribution in [3.8, 4) is 12.3 Å². The Labute approximate surface area is 316 Å². The molecule has 0 bridgehead atoms. The molecule has 0 spiro atoms. The first kappa shape index (κ1) is 42.5. The zero-order valence-electron chi connectivity index (χ0n) is 31.3. The average Bonchev–Trinajstić information content (AvgIpc) is 3.87. The standard InChI is InChI=1S/C22H30N4O6.C10H13N3O2.C7H8/c1-4-7-15-19(28)23-14(2)20(29)26-12-6-9-17(26)22(31)32-13-10-18(27)25-11-5-8-16(25)21(30)24(15)3;1-11-9(14)7-12-10(15)13-8-5-3-2-4-6-8;1-7-5-3-2-4-6-7/h1,14-17H,5-13H2,2-3H3,(H,23,28);2-6H,7H2,1H3,(H,11,14)(H2,12,13,15);2-6H,1H3. The third-order valence-corrected chi connectivity index (χ3v) is 9.05. The highest BCUT2D eigenvalue weighted by atomic mass is 16.5. The minimum Gasteiger partial charge on any atom is -0.464 e. The Morgan fingerprint density at radius 3 is 2.11 bits per heavy atom. The molecule has 3 aliphatic rings. The molecule has 0 saturated carbocycles. The molecule has 4 atom stereocenters. The van der Waals surface area contributed by atoms with Crippen molar-refractivity contribution in [2.24, 2.45) is 0 Å². The first-order chi connectivity index (χ1) is 25.9. The molecule has 0 aliphatic carbocycles. The number of nitrogens with zero attached hydrogens (tertiary/aromatic N) is 3. The molecule has 4 N–H and O–H groups in total. The quantitative estimate of drug-likeness (QED) is 0.270. The Hall–Kier alpha value is -5.91. The maximum absolute atomic E-state index is 13.2. The molecular formula is C39H51N7O8. The first-order valence-corrected chi connectivity index (χ1v) is 18.0. The van der Waals surface area contributed by atoms with Gasteiger partial charge in [-0.25, -0.2) is 9.59 Å². The summed E-state index contributed by atoms with van der Waals surface area (Å²) in [6.45, 7) is 4.27. The molecule has 4 unspecified atom stereocenters. The lowest BCUT2D eigenvalue weighted by Gasteiger charge is -2.33. The highest BCUT2D eigenvalue weighted by Gasteiger charge is 2.41. The van der Waals surface area contributed by atoms with E-state index in [1.54, 1.807) is 12.1 Å². The predicted octanol–water partition coefficient (Wildman–Crippen LogP) is 1.82. The number of benzene rings is 2. The van der Waals surface area contributed by atoms with Crippen LogP contribution in [0, 0.1) is 19.3 Å². The molecule has 3 fully saturated rings. The number of carbonyl (C=O) groups excluding carboxylic acids is 7. The molecule has 15 heteroatoms. The van der Waals surface area contributed by atoms with Gasteiger partial charge >= 0.3 is 12.0 Å². The fourth-order valence-corrected chi connectivity index (χ4v) is 6.08. The van der Waals surface area contributed by atoms with E-state index in [-0.39, 0.29) is 43.7 Å². The third-order valence-electron chi connectivity index (χ3n) is 9.05. The second kappa shape index (κ2) is 21.6. The minimum atomic E-state index is -0.979. The van der Waals surface area contributed by atoms with Gasteiger partial charge in [-0.05, 0) is 51.7 Å². The highest BCUT2D eigenvalue weighted by molar-refractivity contribution is 5.96. The van der Waals surface area contributed by atoms with Crippen molar-refractivity contribution in [3.63, 3.8) is 0 Å². The fourth-order valence-electron chi connectivity index (χ4n) is 6.08. The van der Waals surface area contributed by atoms with E-state index in [0.29, 0.717) is 44.5 Å². The number of urea groups is 1. The lowest BCUT2D eigenvalue weighted by atomic mass is 10.1. The molecular weight excluding hydrogens is 694 g/mol. The molecule has 0 radical (unpaired) electrons. The molecule has 2 aromatic carbocycles. The molecule has 3 saturated heterocycles. The summed E-state index contributed by atoms with van der Waals surface area (Å²) in [5, 5.41) is 10.1. The number of ether oxygens (including phenoxy) is 1.